The lowest BCUT2D eigenvalue weighted by atomic mass is 10.2. The van der Waals surface area contributed by atoms with Gasteiger partial charge in [-0.1, -0.05) is 12.6 Å². The SMILES string of the molecule is C=C/C(N)=N\C(=N/COc1ccc(-c2nc(Nc3cccc(C(F)(F)F)c3)n[nH]2)cc1)SOC. The van der Waals surface area contributed by atoms with E-state index in [0.29, 0.717) is 17.1 Å². The molecule has 0 saturated carbocycles. The Balaban J connectivity index is 1.62. The highest BCUT2D eigenvalue weighted by atomic mass is 32.2. The van der Waals surface area contributed by atoms with Gasteiger partial charge in [0.05, 0.1) is 24.7 Å². The third kappa shape index (κ3) is 7.08. The van der Waals surface area contributed by atoms with Crippen molar-refractivity contribution in [3.05, 3.63) is 66.7 Å². The maximum Gasteiger partial charge on any atom is 0.416 e. The van der Waals surface area contributed by atoms with Crippen LogP contribution in [-0.2, 0) is 10.4 Å². The zero-order valence-corrected chi connectivity index (χ0v) is 18.7. The molecule has 9 nitrogen and oxygen atoms in total. The number of aliphatic imine (C=N–C) groups is 2. The number of aromatic amines is 1. The summed E-state index contributed by atoms with van der Waals surface area (Å²) in [6, 6.07) is 11.7. The van der Waals surface area contributed by atoms with Crippen LogP contribution in [0.2, 0.25) is 0 Å². The normalized spacial score (nSPS) is 12.5. The van der Waals surface area contributed by atoms with E-state index in [1.807, 2.05) is 0 Å². The first-order valence-corrected chi connectivity index (χ1v) is 10.3. The Morgan fingerprint density at radius 1 is 1.26 bits per heavy atom. The summed E-state index contributed by atoms with van der Waals surface area (Å²) in [5, 5.41) is 9.77. The van der Waals surface area contributed by atoms with E-state index in [4.69, 9.17) is 14.7 Å². The van der Waals surface area contributed by atoms with E-state index in [2.05, 4.69) is 37.1 Å². The van der Waals surface area contributed by atoms with Crippen molar-refractivity contribution < 1.29 is 22.1 Å². The van der Waals surface area contributed by atoms with Crippen LogP contribution < -0.4 is 15.8 Å². The van der Waals surface area contributed by atoms with Gasteiger partial charge in [-0.15, -0.1) is 5.10 Å². The molecule has 0 fully saturated rings. The minimum absolute atomic E-state index is 0.0215. The molecule has 3 rings (SSSR count). The Morgan fingerprint density at radius 3 is 2.71 bits per heavy atom. The summed E-state index contributed by atoms with van der Waals surface area (Å²) in [6.45, 7) is 3.50. The number of aromatic nitrogens is 3. The van der Waals surface area contributed by atoms with Gasteiger partial charge in [0.15, 0.2) is 12.6 Å². The van der Waals surface area contributed by atoms with Crippen LogP contribution in [0.1, 0.15) is 5.56 Å². The summed E-state index contributed by atoms with van der Waals surface area (Å²) < 4.78 is 49.1. The van der Waals surface area contributed by atoms with Crippen molar-refractivity contribution in [3.63, 3.8) is 0 Å². The average molecular weight is 491 g/mol. The number of nitrogens with zero attached hydrogens (tertiary/aromatic N) is 4. The van der Waals surface area contributed by atoms with Crippen molar-refractivity contribution in [2.75, 3.05) is 19.2 Å². The second-order valence-corrected chi connectivity index (χ2v) is 7.31. The summed E-state index contributed by atoms with van der Waals surface area (Å²) >= 11 is 0.933. The Hall–Kier alpha value is -3.84. The number of halogens is 3. The van der Waals surface area contributed by atoms with Gasteiger partial charge in [0.2, 0.25) is 11.1 Å². The number of H-pyrrole nitrogens is 1. The van der Waals surface area contributed by atoms with E-state index in [9.17, 15) is 13.2 Å². The first-order chi connectivity index (χ1) is 16.3. The van der Waals surface area contributed by atoms with Gasteiger partial charge in [-0.3, -0.25) is 5.10 Å². The lowest BCUT2D eigenvalue weighted by Crippen LogP contribution is -2.10. The Labute approximate surface area is 197 Å². The molecule has 0 saturated heterocycles. The van der Waals surface area contributed by atoms with Crippen molar-refractivity contribution in [2.45, 2.75) is 6.18 Å². The van der Waals surface area contributed by atoms with Gasteiger partial charge < -0.3 is 20.0 Å². The number of rotatable bonds is 8. The number of nitrogens with one attached hydrogen (secondary N) is 2. The van der Waals surface area contributed by atoms with Gasteiger partial charge in [-0.05, 0) is 48.5 Å². The number of ether oxygens (including phenoxy) is 1. The molecule has 0 unspecified atom stereocenters. The average Bonchev–Trinajstić information content (AvgIpc) is 3.27. The van der Waals surface area contributed by atoms with E-state index >= 15 is 0 Å². The van der Waals surface area contributed by atoms with Crippen LogP contribution in [0.15, 0.2) is 71.2 Å². The molecular formula is C21H20F3N7O2S. The first kappa shape index (κ1) is 24.8. The third-order valence-corrected chi connectivity index (χ3v) is 4.62. The Morgan fingerprint density at radius 2 is 2.03 bits per heavy atom. The van der Waals surface area contributed by atoms with E-state index in [0.717, 1.165) is 24.2 Å². The second-order valence-electron chi connectivity index (χ2n) is 6.44. The molecule has 0 aliphatic heterocycles. The second kappa shape index (κ2) is 11.3. The molecule has 0 atom stereocenters. The number of alkyl halides is 3. The number of hydrogen-bond donors (Lipinski definition) is 3. The minimum Gasteiger partial charge on any atom is -0.471 e. The number of amidine groups is 2. The largest absolute Gasteiger partial charge is 0.471 e. The minimum atomic E-state index is -4.44. The molecule has 0 radical (unpaired) electrons. The predicted octanol–water partition coefficient (Wildman–Crippen LogP) is 4.76. The fourth-order valence-corrected chi connectivity index (χ4v) is 2.93. The third-order valence-electron chi connectivity index (χ3n) is 4.08. The highest BCUT2D eigenvalue weighted by Crippen LogP contribution is 2.31. The van der Waals surface area contributed by atoms with Crippen molar-refractivity contribution in [1.82, 2.24) is 15.2 Å². The van der Waals surface area contributed by atoms with Gasteiger partial charge in [-0.25, -0.2) is 9.98 Å². The Kier molecular flexibility index (Phi) is 8.27. The molecule has 0 aliphatic carbocycles. The van der Waals surface area contributed by atoms with Crippen molar-refractivity contribution in [2.24, 2.45) is 15.7 Å². The molecule has 3 aromatic rings. The maximum atomic E-state index is 12.9. The summed E-state index contributed by atoms with van der Waals surface area (Å²) in [4.78, 5) is 12.4. The van der Waals surface area contributed by atoms with Crippen molar-refractivity contribution in [3.8, 4) is 17.1 Å². The fraction of sp³-hybridized carbons (Fsp3) is 0.143. The van der Waals surface area contributed by atoms with Crippen LogP contribution in [0.25, 0.3) is 11.4 Å². The van der Waals surface area contributed by atoms with Crippen LogP contribution in [0.3, 0.4) is 0 Å². The van der Waals surface area contributed by atoms with Crippen LogP contribution in [0, 0.1) is 0 Å². The molecule has 178 valence electrons. The van der Waals surface area contributed by atoms with E-state index in [-0.39, 0.29) is 29.4 Å². The van der Waals surface area contributed by atoms with Crippen molar-refractivity contribution >= 4 is 34.7 Å². The van der Waals surface area contributed by atoms with Crippen LogP contribution >= 0.6 is 12.0 Å². The number of benzene rings is 2. The predicted molar refractivity (Wildman–Crippen MR) is 126 cm³/mol. The van der Waals surface area contributed by atoms with Gasteiger partial charge in [0.1, 0.15) is 11.6 Å². The lowest BCUT2D eigenvalue weighted by molar-refractivity contribution is -0.137. The van der Waals surface area contributed by atoms with Crippen molar-refractivity contribution in [1.29, 1.82) is 0 Å². The number of nitrogens with two attached hydrogens (primary N) is 1. The molecule has 1 aromatic heterocycles. The molecule has 4 N–H and O–H groups in total. The first-order valence-electron chi connectivity index (χ1n) is 9.60. The zero-order chi connectivity index (χ0) is 24.6. The topological polar surface area (TPSA) is 123 Å². The van der Waals surface area contributed by atoms with E-state index < -0.39 is 11.7 Å². The molecule has 0 aliphatic rings. The highest BCUT2D eigenvalue weighted by molar-refractivity contribution is 8.09. The highest BCUT2D eigenvalue weighted by Gasteiger charge is 2.30. The van der Waals surface area contributed by atoms with E-state index in [1.165, 1.54) is 25.3 Å². The molecule has 1 heterocycles. The molecular weight excluding hydrogens is 471 g/mol. The molecule has 0 spiro atoms. The molecule has 34 heavy (non-hydrogen) atoms. The lowest BCUT2D eigenvalue weighted by Gasteiger charge is -2.08. The van der Waals surface area contributed by atoms with Gasteiger partial charge in [-0.2, -0.15) is 18.2 Å². The fourth-order valence-electron chi connectivity index (χ4n) is 2.53. The summed E-state index contributed by atoms with van der Waals surface area (Å²) in [6.07, 6.45) is -3.05. The number of anilines is 2. The maximum absolute atomic E-state index is 12.9. The summed E-state index contributed by atoms with van der Waals surface area (Å²) in [5.74, 6) is 1.29. The molecule has 0 bridgehead atoms. The standard InChI is InChI=1S/C21H20F3N7O2S/c1-3-17(25)28-20(34-32-2)26-12-33-16-9-7-13(8-10-16)18-29-19(31-30-18)27-15-6-4-5-14(11-15)21(22,23)24/h3-11H,1,12H2,2H3,(H2,25,26,28)(H2,27,29,30,31). The molecule has 0 amide bonds. The molecule has 2 aromatic carbocycles. The van der Waals surface area contributed by atoms with E-state index in [1.54, 1.807) is 24.3 Å². The smallest absolute Gasteiger partial charge is 0.416 e. The molecule has 13 heteroatoms. The van der Waals surface area contributed by atoms with Crippen LogP contribution in [0.4, 0.5) is 24.8 Å². The summed E-state index contributed by atoms with van der Waals surface area (Å²) in [5.41, 5.74) is 5.75. The Bertz CT molecular complexity index is 1180. The van der Waals surface area contributed by atoms with Crippen LogP contribution in [0.5, 0.6) is 5.75 Å². The van der Waals surface area contributed by atoms with Gasteiger partial charge >= 0.3 is 6.18 Å². The van der Waals surface area contributed by atoms with Gasteiger partial charge in [0, 0.05) is 11.3 Å². The monoisotopic (exact) mass is 491 g/mol. The van der Waals surface area contributed by atoms with Gasteiger partial charge in [0.25, 0.3) is 0 Å². The quantitative estimate of drug-likeness (QED) is 0.236. The number of hydrogen-bond acceptors (Lipinski definition) is 7. The summed E-state index contributed by atoms with van der Waals surface area (Å²) in [7, 11) is 1.48. The van der Waals surface area contributed by atoms with Crippen LogP contribution in [-0.4, -0.2) is 40.0 Å². The zero-order valence-electron chi connectivity index (χ0n) is 17.8.